The van der Waals surface area contributed by atoms with Gasteiger partial charge in [-0.1, -0.05) is 18.2 Å². The van der Waals surface area contributed by atoms with Gasteiger partial charge in [-0.15, -0.1) is 0 Å². The SMILES string of the molecule is C=C(CN(C)/C=C(C)\C(C)=C/C)N(C)C. The van der Waals surface area contributed by atoms with Gasteiger partial charge < -0.3 is 9.80 Å². The van der Waals surface area contributed by atoms with Gasteiger partial charge >= 0.3 is 0 Å². The van der Waals surface area contributed by atoms with E-state index in [2.05, 4.69) is 51.6 Å². The molecule has 0 aliphatic rings. The highest BCUT2D eigenvalue weighted by Gasteiger charge is 2.00. The van der Waals surface area contributed by atoms with E-state index >= 15 is 0 Å². The van der Waals surface area contributed by atoms with E-state index in [-0.39, 0.29) is 0 Å². The van der Waals surface area contributed by atoms with Crippen molar-refractivity contribution in [3.8, 4) is 0 Å². The van der Waals surface area contributed by atoms with Gasteiger partial charge in [-0.2, -0.15) is 0 Å². The van der Waals surface area contributed by atoms with E-state index in [1.54, 1.807) is 0 Å². The Kier molecular flexibility index (Phi) is 5.83. The third-order valence-electron chi connectivity index (χ3n) is 2.53. The van der Waals surface area contributed by atoms with Gasteiger partial charge in [0.05, 0.1) is 6.54 Å². The van der Waals surface area contributed by atoms with Crippen molar-refractivity contribution in [2.45, 2.75) is 20.8 Å². The fourth-order valence-electron chi connectivity index (χ4n) is 1.14. The molecule has 0 aromatic rings. The molecule has 2 nitrogen and oxygen atoms in total. The van der Waals surface area contributed by atoms with E-state index in [1.807, 2.05) is 19.0 Å². The van der Waals surface area contributed by atoms with Gasteiger partial charge in [0.15, 0.2) is 0 Å². The molecule has 0 saturated heterocycles. The minimum Gasteiger partial charge on any atom is -0.380 e. The fraction of sp³-hybridized carbons (Fsp3) is 0.538. The normalized spacial score (nSPS) is 12.7. The Labute approximate surface area is 94.6 Å². The first-order valence-electron chi connectivity index (χ1n) is 5.25. The molecule has 0 radical (unpaired) electrons. The molecule has 0 spiro atoms. The second-order valence-corrected chi connectivity index (χ2v) is 4.16. The summed E-state index contributed by atoms with van der Waals surface area (Å²) in [4.78, 5) is 4.20. The summed E-state index contributed by atoms with van der Waals surface area (Å²) in [7, 11) is 6.11. The molecule has 0 aliphatic carbocycles. The molecule has 0 aromatic heterocycles. The van der Waals surface area contributed by atoms with Gasteiger partial charge in [-0.3, -0.25) is 0 Å². The standard InChI is InChI=1S/C13H24N2/c1-8-11(2)12(3)9-15(7)10-13(4)14(5)6/h8-9H,4,10H2,1-3,5-7H3/b11-8-,12-9-. The predicted molar refractivity (Wildman–Crippen MR) is 68.6 cm³/mol. The molecule has 0 aliphatic heterocycles. The third-order valence-corrected chi connectivity index (χ3v) is 2.53. The van der Waals surface area contributed by atoms with Crippen LogP contribution >= 0.6 is 0 Å². The van der Waals surface area contributed by atoms with Crippen molar-refractivity contribution in [3.63, 3.8) is 0 Å². The number of allylic oxidation sites excluding steroid dienone is 3. The minimum atomic E-state index is 0.862. The number of hydrogen-bond donors (Lipinski definition) is 0. The number of hydrogen-bond acceptors (Lipinski definition) is 2. The summed E-state index contributed by atoms with van der Waals surface area (Å²) < 4.78 is 0. The number of likely N-dealkylation sites (N-methyl/N-ethyl adjacent to an activating group) is 2. The van der Waals surface area contributed by atoms with Crippen molar-refractivity contribution in [2.24, 2.45) is 0 Å². The van der Waals surface area contributed by atoms with Crippen LogP contribution in [0.25, 0.3) is 0 Å². The molecule has 0 fully saturated rings. The molecule has 2 heteroatoms. The van der Waals surface area contributed by atoms with Crippen LogP contribution in [-0.2, 0) is 0 Å². The summed E-state index contributed by atoms with van der Waals surface area (Å²) in [6.07, 6.45) is 4.28. The Bertz CT molecular complexity index is 272. The average Bonchev–Trinajstić information content (AvgIpc) is 2.15. The van der Waals surface area contributed by atoms with Crippen LogP contribution in [0.3, 0.4) is 0 Å². The molecule has 0 unspecified atom stereocenters. The van der Waals surface area contributed by atoms with Crippen molar-refractivity contribution < 1.29 is 0 Å². The van der Waals surface area contributed by atoms with E-state index in [1.165, 1.54) is 11.1 Å². The Morgan fingerprint density at radius 1 is 1.13 bits per heavy atom. The Morgan fingerprint density at radius 3 is 2.07 bits per heavy atom. The Morgan fingerprint density at radius 2 is 1.67 bits per heavy atom. The van der Waals surface area contributed by atoms with E-state index in [9.17, 15) is 0 Å². The zero-order valence-corrected chi connectivity index (χ0v) is 11.0. The van der Waals surface area contributed by atoms with Crippen LogP contribution in [0.1, 0.15) is 20.8 Å². The lowest BCUT2D eigenvalue weighted by molar-refractivity contribution is 0.409. The van der Waals surface area contributed by atoms with Crippen molar-refractivity contribution >= 4 is 0 Å². The molecule has 0 saturated carbocycles. The molecule has 15 heavy (non-hydrogen) atoms. The summed E-state index contributed by atoms with van der Waals surface area (Å²) in [6.45, 7) is 11.2. The number of rotatable bonds is 5. The maximum Gasteiger partial charge on any atom is 0.0563 e. The van der Waals surface area contributed by atoms with Gasteiger partial charge in [-0.25, -0.2) is 0 Å². The third kappa shape index (κ3) is 5.31. The zero-order valence-electron chi connectivity index (χ0n) is 11.0. The smallest absolute Gasteiger partial charge is 0.0563 e. The maximum atomic E-state index is 4.01. The molecule has 0 atom stereocenters. The highest BCUT2D eigenvalue weighted by Crippen LogP contribution is 2.09. The number of nitrogens with zero attached hydrogens (tertiary/aromatic N) is 2. The van der Waals surface area contributed by atoms with Gasteiger partial charge in [0.25, 0.3) is 0 Å². The van der Waals surface area contributed by atoms with Crippen LogP contribution in [0.15, 0.2) is 35.7 Å². The first-order valence-corrected chi connectivity index (χ1v) is 5.25. The maximum absolute atomic E-state index is 4.01. The van der Waals surface area contributed by atoms with Crippen LogP contribution in [-0.4, -0.2) is 37.5 Å². The summed E-state index contributed by atoms with van der Waals surface area (Å²) in [5.41, 5.74) is 3.73. The highest BCUT2D eigenvalue weighted by atomic mass is 15.1. The topological polar surface area (TPSA) is 6.48 Å². The Balaban J connectivity index is 4.37. The molecule has 0 heterocycles. The van der Waals surface area contributed by atoms with Crippen LogP contribution in [0, 0.1) is 0 Å². The zero-order chi connectivity index (χ0) is 12.0. The Hall–Kier alpha value is -1.18. The summed E-state index contributed by atoms with van der Waals surface area (Å²) in [5, 5.41) is 0. The highest BCUT2D eigenvalue weighted by molar-refractivity contribution is 5.25. The van der Waals surface area contributed by atoms with E-state index < -0.39 is 0 Å². The van der Waals surface area contributed by atoms with E-state index in [0.29, 0.717) is 0 Å². The monoisotopic (exact) mass is 208 g/mol. The second kappa shape index (κ2) is 6.33. The first kappa shape index (κ1) is 13.8. The van der Waals surface area contributed by atoms with E-state index in [0.717, 1.165) is 12.2 Å². The average molecular weight is 208 g/mol. The summed E-state index contributed by atoms with van der Waals surface area (Å²) in [5.74, 6) is 0. The van der Waals surface area contributed by atoms with Crippen molar-refractivity contribution in [1.82, 2.24) is 9.80 Å². The second-order valence-electron chi connectivity index (χ2n) is 4.16. The van der Waals surface area contributed by atoms with Crippen molar-refractivity contribution in [1.29, 1.82) is 0 Å². The molecule has 0 aromatic carbocycles. The predicted octanol–water partition coefficient (Wildman–Crippen LogP) is 2.86. The molecule has 0 amide bonds. The largest absolute Gasteiger partial charge is 0.380 e. The van der Waals surface area contributed by atoms with Crippen LogP contribution in [0.4, 0.5) is 0 Å². The lowest BCUT2D eigenvalue weighted by atomic mass is 10.1. The van der Waals surface area contributed by atoms with Crippen LogP contribution in [0.5, 0.6) is 0 Å². The van der Waals surface area contributed by atoms with Crippen LogP contribution < -0.4 is 0 Å². The summed E-state index contributed by atoms with van der Waals surface area (Å²) in [6, 6.07) is 0. The summed E-state index contributed by atoms with van der Waals surface area (Å²) >= 11 is 0. The lowest BCUT2D eigenvalue weighted by Gasteiger charge is -2.22. The molecular weight excluding hydrogens is 184 g/mol. The molecule has 86 valence electrons. The first-order chi connectivity index (χ1) is 6.88. The molecule has 0 N–H and O–H groups in total. The molecule has 0 bridgehead atoms. The minimum absolute atomic E-state index is 0.862. The van der Waals surface area contributed by atoms with Gasteiger partial charge in [-0.05, 0) is 26.3 Å². The van der Waals surface area contributed by atoms with E-state index in [4.69, 9.17) is 0 Å². The fourth-order valence-corrected chi connectivity index (χ4v) is 1.14. The van der Waals surface area contributed by atoms with Crippen LogP contribution in [0.2, 0.25) is 0 Å². The quantitative estimate of drug-likeness (QED) is 0.641. The van der Waals surface area contributed by atoms with Gasteiger partial charge in [0.2, 0.25) is 0 Å². The molecular formula is C13H24N2. The van der Waals surface area contributed by atoms with Gasteiger partial charge in [0, 0.05) is 33.0 Å². The lowest BCUT2D eigenvalue weighted by Crippen LogP contribution is -2.22. The van der Waals surface area contributed by atoms with Gasteiger partial charge in [0.1, 0.15) is 0 Å². The van der Waals surface area contributed by atoms with Crippen molar-refractivity contribution in [3.05, 3.63) is 35.7 Å². The molecule has 0 rings (SSSR count). The van der Waals surface area contributed by atoms with Crippen molar-refractivity contribution in [2.75, 3.05) is 27.7 Å².